The Hall–Kier alpha value is -2.60. The van der Waals surface area contributed by atoms with Crippen LogP contribution in [0.15, 0.2) is 47.1 Å². The molecule has 0 radical (unpaired) electrons. The number of piperidine rings is 1. The van der Waals surface area contributed by atoms with Crippen molar-refractivity contribution in [2.45, 2.75) is 37.9 Å². The maximum absolute atomic E-state index is 13.0. The Morgan fingerprint density at radius 3 is 2.73 bits per heavy atom. The van der Waals surface area contributed by atoms with E-state index in [4.69, 9.17) is 4.42 Å². The molecule has 1 aromatic carbocycles. The topological polar surface area (TPSA) is 74.6 Å². The van der Waals surface area contributed by atoms with Gasteiger partial charge >= 0.3 is 0 Å². The summed E-state index contributed by atoms with van der Waals surface area (Å²) in [5.41, 5.74) is 2.20. The lowest BCUT2D eigenvalue weighted by molar-refractivity contribution is -0.127. The summed E-state index contributed by atoms with van der Waals surface area (Å²) in [7, 11) is 0. The first-order valence-electron chi connectivity index (χ1n) is 9.15. The van der Waals surface area contributed by atoms with Crippen LogP contribution < -0.4 is 10.6 Å². The zero-order valence-corrected chi connectivity index (χ0v) is 14.6. The number of fused-ring (bicyclic) bond motifs is 1. The molecule has 1 unspecified atom stereocenters. The number of nitrogens with zero attached hydrogens (tertiary/aromatic N) is 1. The first-order chi connectivity index (χ1) is 12.7. The van der Waals surface area contributed by atoms with Gasteiger partial charge in [-0.2, -0.15) is 0 Å². The summed E-state index contributed by atoms with van der Waals surface area (Å²) in [6.45, 7) is 2.18. The molecule has 2 aliphatic heterocycles. The lowest BCUT2D eigenvalue weighted by Crippen LogP contribution is -2.56. The van der Waals surface area contributed by atoms with Crippen molar-refractivity contribution in [2.24, 2.45) is 0 Å². The molecule has 6 heteroatoms. The Bertz CT molecular complexity index is 781. The number of hydrogen-bond acceptors (Lipinski definition) is 4. The van der Waals surface area contributed by atoms with Gasteiger partial charge in [-0.05, 0) is 42.6 Å². The van der Waals surface area contributed by atoms with E-state index < -0.39 is 6.04 Å². The van der Waals surface area contributed by atoms with Crippen molar-refractivity contribution in [1.82, 2.24) is 15.5 Å². The van der Waals surface area contributed by atoms with Crippen LogP contribution in [-0.2, 0) is 17.8 Å². The molecule has 6 nitrogen and oxygen atoms in total. The van der Waals surface area contributed by atoms with Crippen molar-refractivity contribution < 1.29 is 14.0 Å². The first-order valence-corrected chi connectivity index (χ1v) is 9.15. The van der Waals surface area contributed by atoms with Crippen molar-refractivity contribution in [2.75, 3.05) is 13.1 Å². The van der Waals surface area contributed by atoms with Gasteiger partial charge in [0.2, 0.25) is 5.91 Å². The average molecular weight is 353 g/mol. The van der Waals surface area contributed by atoms with Gasteiger partial charge in [-0.1, -0.05) is 24.3 Å². The molecule has 0 bridgehead atoms. The lowest BCUT2D eigenvalue weighted by Gasteiger charge is -2.36. The van der Waals surface area contributed by atoms with E-state index >= 15 is 0 Å². The molecule has 2 aliphatic rings. The van der Waals surface area contributed by atoms with Gasteiger partial charge in [0.25, 0.3) is 5.91 Å². The Morgan fingerprint density at radius 2 is 2.00 bits per heavy atom. The van der Waals surface area contributed by atoms with E-state index in [0.29, 0.717) is 13.0 Å². The molecule has 3 heterocycles. The van der Waals surface area contributed by atoms with Gasteiger partial charge < -0.3 is 20.0 Å². The predicted octanol–water partition coefficient (Wildman–Crippen LogP) is 1.71. The minimum atomic E-state index is -0.524. The molecule has 1 fully saturated rings. The van der Waals surface area contributed by atoms with Crippen LogP contribution in [0, 0.1) is 0 Å². The summed E-state index contributed by atoms with van der Waals surface area (Å²) in [4.78, 5) is 27.5. The number of hydrogen-bond donors (Lipinski definition) is 2. The highest BCUT2D eigenvalue weighted by molar-refractivity contribution is 5.96. The third-order valence-electron chi connectivity index (χ3n) is 5.19. The Balaban J connectivity index is 1.58. The van der Waals surface area contributed by atoms with Gasteiger partial charge in [0.1, 0.15) is 6.04 Å². The molecule has 2 amide bonds. The van der Waals surface area contributed by atoms with Crippen molar-refractivity contribution >= 4 is 11.8 Å². The van der Waals surface area contributed by atoms with Crippen LogP contribution in [-0.4, -0.2) is 41.9 Å². The summed E-state index contributed by atoms with van der Waals surface area (Å²) in [5, 5.41) is 6.43. The standard InChI is InChI=1S/C20H23N3O3/c24-19(22-16-7-3-9-21-12-16)17-11-14-5-1-2-6-15(14)13-23(17)20(25)18-8-4-10-26-18/h1-2,4-6,8,10,16-17,21H,3,7,9,11-13H2,(H,22,24)/t16-,17?/m0/s1. The molecule has 0 spiro atoms. The van der Waals surface area contributed by atoms with Crippen molar-refractivity contribution in [1.29, 1.82) is 0 Å². The molecule has 136 valence electrons. The summed E-state index contributed by atoms with van der Waals surface area (Å²) in [6, 6.07) is 10.9. The van der Waals surface area contributed by atoms with Gasteiger partial charge in [-0.3, -0.25) is 9.59 Å². The van der Waals surface area contributed by atoms with Crippen LogP contribution in [0.2, 0.25) is 0 Å². The molecule has 0 saturated carbocycles. The predicted molar refractivity (Wildman–Crippen MR) is 96.5 cm³/mol. The fourth-order valence-corrected chi connectivity index (χ4v) is 3.78. The Labute approximate surface area is 152 Å². The number of carbonyl (C=O) groups is 2. The summed E-state index contributed by atoms with van der Waals surface area (Å²) < 4.78 is 5.28. The summed E-state index contributed by atoms with van der Waals surface area (Å²) in [6.07, 6.45) is 4.02. The molecular formula is C20H23N3O3. The Morgan fingerprint density at radius 1 is 1.15 bits per heavy atom. The zero-order valence-electron chi connectivity index (χ0n) is 14.6. The minimum absolute atomic E-state index is 0.0897. The van der Waals surface area contributed by atoms with Gasteiger partial charge in [-0.15, -0.1) is 0 Å². The van der Waals surface area contributed by atoms with E-state index in [2.05, 4.69) is 10.6 Å². The number of benzene rings is 1. The zero-order chi connectivity index (χ0) is 17.9. The molecule has 1 aromatic heterocycles. The molecule has 2 atom stereocenters. The monoisotopic (exact) mass is 353 g/mol. The fraction of sp³-hybridized carbons (Fsp3) is 0.400. The van der Waals surface area contributed by atoms with Crippen LogP contribution in [0.1, 0.15) is 34.5 Å². The summed E-state index contributed by atoms with van der Waals surface area (Å²) >= 11 is 0. The molecule has 26 heavy (non-hydrogen) atoms. The van der Waals surface area contributed by atoms with Crippen molar-refractivity contribution in [3.63, 3.8) is 0 Å². The smallest absolute Gasteiger partial charge is 0.290 e. The van der Waals surface area contributed by atoms with Crippen LogP contribution in [0.25, 0.3) is 0 Å². The molecule has 0 aliphatic carbocycles. The number of nitrogens with one attached hydrogen (secondary N) is 2. The van der Waals surface area contributed by atoms with Crippen molar-refractivity contribution in [3.8, 4) is 0 Å². The minimum Gasteiger partial charge on any atom is -0.459 e. The second-order valence-corrected chi connectivity index (χ2v) is 6.95. The van der Waals surface area contributed by atoms with E-state index in [-0.39, 0.29) is 23.6 Å². The van der Waals surface area contributed by atoms with Crippen LogP contribution in [0.5, 0.6) is 0 Å². The van der Waals surface area contributed by atoms with Crippen LogP contribution in [0.4, 0.5) is 0 Å². The largest absolute Gasteiger partial charge is 0.459 e. The molecule has 1 saturated heterocycles. The maximum atomic E-state index is 13.0. The highest BCUT2D eigenvalue weighted by Crippen LogP contribution is 2.25. The van der Waals surface area contributed by atoms with Crippen LogP contribution >= 0.6 is 0 Å². The van der Waals surface area contributed by atoms with Gasteiger partial charge in [0.15, 0.2) is 5.76 Å². The summed E-state index contributed by atoms with van der Waals surface area (Å²) in [5.74, 6) is -0.0685. The Kier molecular flexibility index (Phi) is 4.75. The third-order valence-corrected chi connectivity index (χ3v) is 5.19. The molecule has 2 N–H and O–H groups in total. The van der Waals surface area contributed by atoms with Gasteiger partial charge in [-0.25, -0.2) is 0 Å². The highest BCUT2D eigenvalue weighted by atomic mass is 16.3. The number of rotatable bonds is 3. The second-order valence-electron chi connectivity index (χ2n) is 6.95. The highest BCUT2D eigenvalue weighted by Gasteiger charge is 2.36. The van der Waals surface area contributed by atoms with E-state index in [1.165, 1.54) is 6.26 Å². The first kappa shape index (κ1) is 16.8. The molecule has 2 aromatic rings. The lowest BCUT2D eigenvalue weighted by atomic mass is 9.92. The fourth-order valence-electron chi connectivity index (χ4n) is 3.78. The maximum Gasteiger partial charge on any atom is 0.290 e. The van der Waals surface area contributed by atoms with Gasteiger partial charge in [0.05, 0.1) is 6.26 Å². The quantitative estimate of drug-likeness (QED) is 0.881. The molecular weight excluding hydrogens is 330 g/mol. The van der Waals surface area contributed by atoms with E-state index in [1.54, 1.807) is 17.0 Å². The number of furan rings is 1. The number of amides is 2. The average Bonchev–Trinajstić information content (AvgIpc) is 3.22. The SMILES string of the molecule is O=C(N[C@H]1CCCNC1)C1Cc2ccccc2CN1C(=O)c1ccco1. The van der Waals surface area contributed by atoms with Crippen LogP contribution in [0.3, 0.4) is 0 Å². The van der Waals surface area contributed by atoms with E-state index in [1.807, 2.05) is 24.3 Å². The normalized spacial score (nSPS) is 22.5. The van der Waals surface area contributed by atoms with Gasteiger partial charge in [0, 0.05) is 25.6 Å². The molecule has 4 rings (SSSR count). The second kappa shape index (κ2) is 7.33. The third kappa shape index (κ3) is 3.37. The number of carbonyl (C=O) groups excluding carboxylic acids is 2. The van der Waals surface area contributed by atoms with Crippen molar-refractivity contribution in [3.05, 3.63) is 59.5 Å². The van der Waals surface area contributed by atoms with E-state index in [9.17, 15) is 9.59 Å². The van der Waals surface area contributed by atoms with E-state index in [0.717, 1.165) is 37.1 Å².